The molecule has 6 nitrogen and oxygen atoms in total. The third kappa shape index (κ3) is 19.1. The molecule has 0 saturated carbocycles. The van der Waals surface area contributed by atoms with Crippen molar-refractivity contribution in [3.63, 3.8) is 0 Å². The van der Waals surface area contributed by atoms with E-state index in [9.17, 15) is 18.0 Å². The molecular formula is C14H25F3O6. The van der Waals surface area contributed by atoms with Gasteiger partial charge in [0, 0.05) is 26.2 Å². The van der Waals surface area contributed by atoms with Gasteiger partial charge in [0.05, 0.1) is 33.5 Å². The van der Waals surface area contributed by atoms with E-state index in [1.165, 1.54) is 7.11 Å². The number of ether oxygens (including phenoxy) is 5. The largest absolute Gasteiger partial charge is 0.522 e. The van der Waals surface area contributed by atoms with Crippen molar-refractivity contribution in [1.29, 1.82) is 0 Å². The minimum Gasteiger partial charge on any atom is -0.469 e. The summed E-state index contributed by atoms with van der Waals surface area (Å²) in [5.74, 6) is -0.253. The summed E-state index contributed by atoms with van der Waals surface area (Å²) in [6.07, 6.45) is -2.19. The van der Waals surface area contributed by atoms with E-state index in [1.807, 2.05) is 0 Å². The quantitative estimate of drug-likeness (QED) is 0.335. The number of carbonyl (C=O) groups excluding carboxylic acids is 1. The van der Waals surface area contributed by atoms with Crippen LogP contribution in [-0.2, 0) is 28.5 Å². The number of hydrogen-bond acceptors (Lipinski definition) is 6. The molecule has 0 unspecified atom stereocenters. The van der Waals surface area contributed by atoms with E-state index in [1.54, 1.807) is 0 Å². The van der Waals surface area contributed by atoms with Gasteiger partial charge in [-0.25, -0.2) is 0 Å². The number of unbranched alkanes of at least 4 members (excludes halogenated alkanes) is 1. The average Bonchev–Trinajstić information content (AvgIpc) is 2.49. The van der Waals surface area contributed by atoms with E-state index < -0.39 is 13.0 Å². The second kappa shape index (κ2) is 14.7. The summed E-state index contributed by atoms with van der Waals surface area (Å²) >= 11 is 0. The molecule has 0 aliphatic rings. The lowest BCUT2D eigenvalue weighted by atomic mass is 10.3. The number of alkyl halides is 3. The van der Waals surface area contributed by atoms with Crippen LogP contribution in [0.4, 0.5) is 13.2 Å². The molecule has 0 aliphatic carbocycles. The van der Waals surface area contributed by atoms with Gasteiger partial charge in [0.2, 0.25) is 0 Å². The Morgan fingerprint density at radius 3 is 1.74 bits per heavy atom. The van der Waals surface area contributed by atoms with Crippen molar-refractivity contribution in [3.05, 3.63) is 0 Å². The molecule has 0 amide bonds. The smallest absolute Gasteiger partial charge is 0.469 e. The maximum atomic E-state index is 11.6. The first-order chi connectivity index (χ1) is 11.0. The number of methoxy groups -OCH3 is 1. The lowest BCUT2D eigenvalue weighted by molar-refractivity contribution is -0.327. The van der Waals surface area contributed by atoms with Crippen LogP contribution >= 0.6 is 0 Å². The van der Waals surface area contributed by atoms with E-state index >= 15 is 0 Å². The van der Waals surface area contributed by atoms with E-state index in [4.69, 9.17) is 14.2 Å². The lowest BCUT2D eigenvalue weighted by Crippen LogP contribution is -2.17. The molecule has 0 bridgehead atoms. The summed E-state index contributed by atoms with van der Waals surface area (Å²) in [6.45, 7) is 1.72. The number of esters is 1. The predicted molar refractivity (Wildman–Crippen MR) is 74.9 cm³/mol. The van der Waals surface area contributed by atoms with Crippen molar-refractivity contribution in [2.45, 2.75) is 32.0 Å². The summed E-state index contributed by atoms with van der Waals surface area (Å²) in [7, 11) is 1.35. The normalized spacial score (nSPS) is 11.7. The van der Waals surface area contributed by atoms with Crippen molar-refractivity contribution in [2.75, 3.05) is 53.4 Å². The van der Waals surface area contributed by atoms with Crippen molar-refractivity contribution in [3.8, 4) is 0 Å². The molecule has 0 heterocycles. The van der Waals surface area contributed by atoms with Crippen LogP contribution in [0.5, 0.6) is 0 Å². The maximum Gasteiger partial charge on any atom is 0.522 e. The van der Waals surface area contributed by atoms with Crippen molar-refractivity contribution in [2.24, 2.45) is 0 Å². The molecule has 0 aliphatic heterocycles. The first-order valence-corrected chi connectivity index (χ1v) is 7.46. The van der Waals surface area contributed by atoms with Gasteiger partial charge in [-0.15, -0.1) is 13.2 Å². The SMILES string of the molecule is COC(=O)CCCOCCOCCCCOCCOC(F)(F)F. The molecule has 0 aromatic carbocycles. The van der Waals surface area contributed by atoms with Crippen LogP contribution < -0.4 is 0 Å². The van der Waals surface area contributed by atoms with Gasteiger partial charge in [0.15, 0.2) is 0 Å². The number of hydrogen-bond donors (Lipinski definition) is 0. The van der Waals surface area contributed by atoms with Gasteiger partial charge in [-0.05, 0) is 19.3 Å². The van der Waals surface area contributed by atoms with E-state index in [-0.39, 0.29) is 12.6 Å². The van der Waals surface area contributed by atoms with Crippen LogP contribution in [0.15, 0.2) is 0 Å². The fraction of sp³-hybridized carbons (Fsp3) is 0.929. The molecule has 0 spiro atoms. The Labute approximate surface area is 134 Å². The highest BCUT2D eigenvalue weighted by molar-refractivity contribution is 5.68. The second-order valence-electron chi connectivity index (χ2n) is 4.52. The van der Waals surface area contributed by atoms with E-state index in [0.717, 1.165) is 6.42 Å². The zero-order valence-corrected chi connectivity index (χ0v) is 13.4. The average molecular weight is 346 g/mol. The standard InChI is InChI=1S/C14H25F3O6/c1-19-13(18)5-4-8-22-10-9-20-6-2-3-7-21-11-12-23-14(15,16)17/h2-12H2,1H3. The lowest BCUT2D eigenvalue weighted by Gasteiger charge is -2.08. The number of halogens is 3. The number of rotatable bonds is 15. The van der Waals surface area contributed by atoms with Crippen molar-refractivity contribution in [1.82, 2.24) is 0 Å². The molecule has 9 heteroatoms. The van der Waals surface area contributed by atoms with E-state index in [0.29, 0.717) is 52.3 Å². The minimum absolute atomic E-state index is 0.0836. The molecular weight excluding hydrogens is 321 g/mol. The molecule has 0 aromatic heterocycles. The van der Waals surface area contributed by atoms with Gasteiger partial charge in [-0.2, -0.15) is 0 Å². The van der Waals surface area contributed by atoms with Gasteiger partial charge < -0.3 is 18.9 Å². The summed E-state index contributed by atoms with van der Waals surface area (Å²) in [4.78, 5) is 10.8. The van der Waals surface area contributed by atoms with Crippen LogP contribution in [0, 0.1) is 0 Å². The molecule has 0 aromatic rings. The molecule has 0 atom stereocenters. The van der Waals surface area contributed by atoms with Crippen LogP contribution in [0.25, 0.3) is 0 Å². The first-order valence-electron chi connectivity index (χ1n) is 7.46. The molecule has 0 saturated heterocycles. The predicted octanol–water partition coefficient (Wildman–Crippen LogP) is 2.31. The Morgan fingerprint density at radius 1 is 0.783 bits per heavy atom. The molecule has 0 rings (SSSR count). The monoisotopic (exact) mass is 346 g/mol. The van der Waals surface area contributed by atoms with Gasteiger partial charge >= 0.3 is 12.3 Å². The highest BCUT2D eigenvalue weighted by Crippen LogP contribution is 2.15. The van der Waals surface area contributed by atoms with E-state index in [2.05, 4.69) is 9.47 Å². The first kappa shape index (κ1) is 22.1. The van der Waals surface area contributed by atoms with Crippen LogP contribution in [0.3, 0.4) is 0 Å². The maximum absolute atomic E-state index is 11.6. The zero-order valence-electron chi connectivity index (χ0n) is 13.4. The second-order valence-corrected chi connectivity index (χ2v) is 4.52. The van der Waals surface area contributed by atoms with Gasteiger partial charge in [-0.3, -0.25) is 9.53 Å². The molecule has 138 valence electrons. The summed E-state index contributed by atoms with van der Waals surface area (Å²) in [5.41, 5.74) is 0. The molecule has 0 radical (unpaired) electrons. The number of carbonyl (C=O) groups is 1. The third-order valence-corrected chi connectivity index (χ3v) is 2.59. The molecule has 0 N–H and O–H groups in total. The topological polar surface area (TPSA) is 63.2 Å². The van der Waals surface area contributed by atoms with Crippen LogP contribution in [0.1, 0.15) is 25.7 Å². The Balaban J connectivity index is 3.07. The van der Waals surface area contributed by atoms with Crippen LogP contribution in [-0.4, -0.2) is 65.7 Å². The van der Waals surface area contributed by atoms with Gasteiger partial charge in [-0.1, -0.05) is 0 Å². The fourth-order valence-corrected chi connectivity index (χ4v) is 1.47. The highest BCUT2D eigenvalue weighted by atomic mass is 19.4. The Hall–Kier alpha value is -0.900. The third-order valence-electron chi connectivity index (χ3n) is 2.59. The summed E-state index contributed by atoms with van der Waals surface area (Å²) in [5, 5.41) is 0. The molecule has 0 fully saturated rings. The minimum atomic E-state index is -4.60. The summed E-state index contributed by atoms with van der Waals surface area (Å²) in [6, 6.07) is 0. The van der Waals surface area contributed by atoms with Gasteiger partial charge in [0.25, 0.3) is 0 Å². The zero-order chi connectivity index (χ0) is 17.4. The highest BCUT2D eigenvalue weighted by Gasteiger charge is 2.28. The Bertz CT molecular complexity index is 286. The van der Waals surface area contributed by atoms with Crippen LogP contribution in [0.2, 0.25) is 0 Å². The Morgan fingerprint density at radius 2 is 1.26 bits per heavy atom. The van der Waals surface area contributed by atoms with Crippen molar-refractivity contribution < 1.29 is 41.7 Å². The Kier molecular flexibility index (Phi) is 14.1. The van der Waals surface area contributed by atoms with Crippen molar-refractivity contribution >= 4 is 5.97 Å². The molecule has 23 heavy (non-hydrogen) atoms. The summed E-state index contributed by atoms with van der Waals surface area (Å²) < 4.78 is 58.5. The van der Waals surface area contributed by atoms with Gasteiger partial charge in [0.1, 0.15) is 0 Å². The fourth-order valence-electron chi connectivity index (χ4n) is 1.47.